The molecule has 2 atom stereocenters. The van der Waals surface area contributed by atoms with Crippen LogP contribution in [0, 0.1) is 5.92 Å². The highest BCUT2D eigenvalue weighted by Crippen LogP contribution is 2.28. The second-order valence-electron chi connectivity index (χ2n) is 3.51. The summed E-state index contributed by atoms with van der Waals surface area (Å²) >= 11 is 0. The van der Waals surface area contributed by atoms with Crippen LogP contribution in [0.25, 0.3) is 0 Å². The van der Waals surface area contributed by atoms with Crippen LogP contribution in [-0.4, -0.2) is 32.5 Å². The fourth-order valence-corrected chi connectivity index (χ4v) is 1.87. The lowest BCUT2D eigenvalue weighted by Gasteiger charge is -2.02. The Kier molecular flexibility index (Phi) is 3.12. The molecule has 0 spiro atoms. The average molecular weight is 191 g/mol. The molecular weight excluding hydrogens is 174 g/mol. The summed E-state index contributed by atoms with van der Waals surface area (Å²) in [6, 6.07) is 0.581. The van der Waals surface area contributed by atoms with E-state index in [1.54, 1.807) is 6.92 Å². The quantitative estimate of drug-likeness (QED) is 0.685. The van der Waals surface area contributed by atoms with Gasteiger partial charge in [-0.2, -0.15) is 0 Å². The van der Waals surface area contributed by atoms with E-state index in [1.165, 1.54) is 6.42 Å². The first-order valence-electron chi connectivity index (χ1n) is 4.49. The standard InChI is InChI=1S/C8H17NO2S/c1-3-12(10,11)5-4-9-8-6-7(8)2/h7-9H,3-6H2,1-2H3. The molecule has 1 fully saturated rings. The van der Waals surface area contributed by atoms with Gasteiger partial charge in [-0.25, -0.2) is 8.42 Å². The van der Waals surface area contributed by atoms with Crippen LogP contribution in [0.3, 0.4) is 0 Å². The molecule has 1 saturated carbocycles. The summed E-state index contributed by atoms with van der Waals surface area (Å²) < 4.78 is 22.1. The monoisotopic (exact) mass is 191 g/mol. The van der Waals surface area contributed by atoms with Crippen LogP contribution in [0.4, 0.5) is 0 Å². The third kappa shape index (κ3) is 3.11. The lowest BCUT2D eigenvalue weighted by atomic mass is 10.5. The van der Waals surface area contributed by atoms with E-state index in [-0.39, 0.29) is 11.5 Å². The molecule has 0 radical (unpaired) electrons. The van der Waals surface area contributed by atoms with E-state index < -0.39 is 9.84 Å². The molecule has 2 unspecified atom stereocenters. The maximum absolute atomic E-state index is 11.0. The van der Waals surface area contributed by atoms with Gasteiger partial charge in [-0.1, -0.05) is 13.8 Å². The average Bonchev–Trinajstić information content (AvgIpc) is 2.67. The van der Waals surface area contributed by atoms with E-state index in [2.05, 4.69) is 12.2 Å². The highest BCUT2D eigenvalue weighted by molar-refractivity contribution is 7.91. The summed E-state index contributed by atoms with van der Waals surface area (Å²) in [5, 5.41) is 3.22. The molecule has 0 heterocycles. The van der Waals surface area contributed by atoms with Crippen LogP contribution < -0.4 is 5.32 Å². The molecule has 1 rings (SSSR count). The number of rotatable bonds is 5. The molecule has 3 nitrogen and oxygen atoms in total. The number of sulfone groups is 1. The Morgan fingerprint density at radius 2 is 2.08 bits per heavy atom. The van der Waals surface area contributed by atoms with Crippen molar-refractivity contribution < 1.29 is 8.42 Å². The summed E-state index contributed by atoms with van der Waals surface area (Å²) in [7, 11) is -2.77. The zero-order valence-electron chi connectivity index (χ0n) is 7.71. The summed E-state index contributed by atoms with van der Waals surface area (Å²) in [6.07, 6.45) is 1.20. The predicted molar refractivity (Wildman–Crippen MR) is 49.9 cm³/mol. The van der Waals surface area contributed by atoms with Crippen molar-refractivity contribution in [3.8, 4) is 0 Å². The van der Waals surface area contributed by atoms with Crippen LogP contribution in [0.2, 0.25) is 0 Å². The zero-order valence-corrected chi connectivity index (χ0v) is 8.52. The highest BCUT2D eigenvalue weighted by atomic mass is 32.2. The van der Waals surface area contributed by atoms with E-state index in [4.69, 9.17) is 0 Å². The van der Waals surface area contributed by atoms with Gasteiger partial charge in [0, 0.05) is 18.3 Å². The van der Waals surface area contributed by atoms with Crippen molar-refractivity contribution in [2.45, 2.75) is 26.3 Å². The number of nitrogens with one attached hydrogen (secondary N) is 1. The maximum Gasteiger partial charge on any atom is 0.151 e. The third-order valence-corrected chi connectivity index (χ3v) is 4.07. The smallest absolute Gasteiger partial charge is 0.151 e. The van der Waals surface area contributed by atoms with Gasteiger partial charge in [0.15, 0.2) is 9.84 Å². The fraction of sp³-hybridized carbons (Fsp3) is 1.00. The maximum atomic E-state index is 11.0. The van der Waals surface area contributed by atoms with Crippen molar-refractivity contribution in [3.05, 3.63) is 0 Å². The second kappa shape index (κ2) is 3.75. The minimum Gasteiger partial charge on any atom is -0.313 e. The van der Waals surface area contributed by atoms with Gasteiger partial charge >= 0.3 is 0 Å². The molecule has 0 aromatic rings. The largest absolute Gasteiger partial charge is 0.313 e. The Labute approximate surface area is 74.5 Å². The Hall–Kier alpha value is -0.0900. The highest BCUT2D eigenvalue weighted by Gasteiger charge is 2.31. The van der Waals surface area contributed by atoms with E-state index in [0.717, 1.165) is 5.92 Å². The lowest BCUT2D eigenvalue weighted by molar-refractivity contribution is 0.590. The first-order valence-corrected chi connectivity index (χ1v) is 6.31. The third-order valence-electron chi connectivity index (χ3n) is 2.37. The van der Waals surface area contributed by atoms with Crippen LogP contribution in [0.5, 0.6) is 0 Å². The first kappa shape index (κ1) is 9.99. The summed E-state index contributed by atoms with van der Waals surface area (Å²) in [5.41, 5.74) is 0. The van der Waals surface area contributed by atoms with Gasteiger partial charge in [0.2, 0.25) is 0 Å². The molecule has 12 heavy (non-hydrogen) atoms. The summed E-state index contributed by atoms with van der Waals surface area (Å²) in [5.74, 6) is 1.29. The van der Waals surface area contributed by atoms with E-state index in [9.17, 15) is 8.42 Å². The van der Waals surface area contributed by atoms with Crippen molar-refractivity contribution in [1.29, 1.82) is 0 Å². The van der Waals surface area contributed by atoms with E-state index in [1.807, 2.05) is 0 Å². The Bertz CT molecular complexity index is 235. The Balaban J connectivity index is 2.10. The molecule has 1 aliphatic rings. The number of hydrogen-bond donors (Lipinski definition) is 1. The summed E-state index contributed by atoms with van der Waals surface area (Å²) in [4.78, 5) is 0. The molecule has 0 aliphatic heterocycles. The van der Waals surface area contributed by atoms with Gasteiger partial charge < -0.3 is 5.32 Å². The van der Waals surface area contributed by atoms with Gasteiger partial charge in [-0.05, 0) is 12.3 Å². The fourth-order valence-electron chi connectivity index (χ4n) is 1.15. The Morgan fingerprint density at radius 1 is 1.50 bits per heavy atom. The zero-order chi connectivity index (χ0) is 9.19. The minimum atomic E-state index is -2.77. The van der Waals surface area contributed by atoms with Crippen LogP contribution in [0.15, 0.2) is 0 Å². The molecule has 72 valence electrons. The molecule has 0 amide bonds. The lowest BCUT2D eigenvalue weighted by Crippen LogP contribution is -2.26. The molecule has 1 aliphatic carbocycles. The van der Waals surface area contributed by atoms with E-state index in [0.29, 0.717) is 12.6 Å². The van der Waals surface area contributed by atoms with Crippen molar-refractivity contribution in [3.63, 3.8) is 0 Å². The van der Waals surface area contributed by atoms with Gasteiger partial charge in [0.05, 0.1) is 5.75 Å². The van der Waals surface area contributed by atoms with E-state index >= 15 is 0 Å². The SMILES string of the molecule is CCS(=O)(=O)CCNC1CC1C. The first-order chi connectivity index (χ1) is 5.55. The van der Waals surface area contributed by atoms with Crippen molar-refractivity contribution >= 4 is 9.84 Å². The van der Waals surface area contributed by atoms with Gasteiger partial charge in [-0.3, -0.25) is 0 Å². The minimum absolute atomic E-state index is 0.259. The van der Waals surface area contributed by atoms with Gasteiger partial charge in [0.25, 0.3) is 0 Å². The second-order valence-corrected chi connectivity index (χ2v) is 5.98. The molecule has 1 N–H and O–H groups in total. The summed E-state index contributed by atoms with van der Waals surface area (Å²) in [6.45, 7) is 4.48. The van der Waals surface area contributed by atoms with Gasteiger partial charge in [-0.15, -0.1) is 0 Å². The number of hydrogen-bond acceptors (Lipinski definition) is 3. The van der Waals surface area contributed by atoms with Crippen molar-refractivity contribution in [1.82, 2.24) is 5.32 Å². The topological polar surface area (TPSA) is 46.2 Å². The predicted octanol–water partition coefficient (Wildman–Crippen LogP) is 0.419. The molecule has 0 saturated heterocycles. The molecule has 0 bridgehead atoms. The van der Waals surface area contributed by atoms with Gasteiger partial charge in [0.1, 0.15) is 0 Å². The van der Waals surface area contributed by atoms with Crippen LogP contribution in [-0.2, 0) is 9.84 Å². The Morgan fingerprint density at radius 3 is 2.50 bits per heavy atom. The van der Waals surface area contributed by atoms with Crippen LogP contribution in [0.1, 0.15) is 20.3 Å². The molecular formula is C8H17NO2S. The molecule has 0 aromatic heterocycles. The van der Waals surface area contributed by atoms with Crippen LogP contribution >= 0.6 is 0 Å². The normalized spacial score (nSPS) is 28.8. The molecule has 0 aromatic carbocycles. The molecule has 4 heteroatoms. The van der Waals surface area contributed by atoms with Crippen molar-refractivity contribution in [2.75, 3.05) is 18.1 Å². The van der Waals surface area contributed by atoms with Crippen molar-refractivity contribution in [2.24, 2.45) is 5.92 Å².